The van der Waals surface area contributed by atoms with Crippen LogP contribution in [0.25, 0.3) is 95.7 Å². The van der Waals surface area contributed by atoms with Gasteiger partial charge in [0.2, 0.25) is 6.41 Å². The highest BCUT2D eigenvalue weighted by Crippen LogP contribution is 2.49. The standard InChI is InChI=1S/C23H21N3OS2.C22H20N2OS3.C20H19N3S3.C2H6O/c24-20-19-16(15-8-3-1-4-9-15)14-17(18-10-7-13-28-18)25-22(19)29-21(20)23(27)26-11-5-2-6-12-26;1-2-3-11-27-22-20(23-14-25)19-16(15-8-5-4-6-9-15)13-17(24-21(19)28-22)18-10-7-12-26-18;1-2-10-22-26-20-18(21)17-14(13-7-4-3-5-8-13)12-15(23-19(17)25-20)16-9-6-11-24-16;1-3-2/h1,3-4,7-10,13-14H,2,5-6,11-12,24H2;4-10,12-14H,2-3,11H2,1H3,(H,23,25);3-9,11-12,22H,2,10,21H2,1H3;1-2H3. The van der Waals surface area contributed by atoms with Gasteiger partial charge in [0, 0.05) is 50.0 Å². The zero-order valence-electron chi connectivity index (χ0n) is 48.2. The number of nitrogens with zero attached hydrogens (tertiary/aromatic N) is 4. The second-order valence-electron chi connectivity index (χ2n) is 19.9. The highest BCUT2D eigenvalue weighted by molar-refractivity contribution is 8.01. The number of piperidine rings is 1. The van der Waals surface area contributed by atoms with E-state index in [2.05, 4.69) is 136 Å². The second kappa shape index (κ2) is 30.7. The Hall–Kier alpha value is -6.75. The molecule has 12 aromatic rings. The van der Waals surface area contributed by atoms with Crippen LogP contribution < -0.4 is 21.5 Å². The number of carbonyl (C=O) groups is 2. The smallest absolute Gasteiger partial charge is 0.266 e. The van der Waals surface area contributed by atoms with Crippen LogP contribution in [0, 0.1) is 0 Å². The van der Waals surface area contributed by atoms with Gasteiger partial charge in [0.25, 0.3) is 5.91 Å². The van der Waals surface area contributed by atoms with E-state index in [1.165, 1.54) is 28.2 Å². The number of anilines is 3. The summed E-state index contributed by atoms with van der Waals surface area (Å²) in [5, 5.41) is 12.2. The van der Waals surface area contributed by atoms with Gasteiger partial charge in [-0.2, -0.15) is 0 Å². The average molecular weight is 1290 g/mol. The van der Waals surface area contributed by atoms with Crippen LogP contribution in [0.2, 0.25) is 0 Å². The Bertz CT molecular complexity index is 4110. The number of pyridine rings is 3. The average Bonchev–Trinajstić information content (AvgIpc) is 1.88. The van der Waals surface area contributed by atoms with Gasteiger partial charge in [-0.15, -0.1) is 79.8 Å². The number of amides is 2. The molecule has 11 nitrogen and oxygen atoms in total. The molecule has 440 valence electrons. The molecule has 2 amide bonds. The number of ether oxygens (including phenoxy) is 1. The van der Waals surface area contributed by atoms with Gasteiger partial charge in [-0.1, -0.05) is 129 Å². The molecule has 0 unspecified atom stereocenters. The minimum absolute atomic E-state index is 0.0434. The molecule has 3 aromatic carbocycles. The Morgan fingerprint density at radius 3 is 1.50 bits per heavy atom. The number of nitrogen functional groups attached to an aromatic ring is 2. The number of rotatable bonds is 17. The molecule has 19 heteroatoms. The number of carbonyl (C=O) groups excluding carboxylic acids is 2. The molecule has 13 rings (SSSR count). The Labute approximate surface area is 535 Å². The SMILES string of the molecule is CCCCSc1sc2nc(-c3cccs3)cc(-c3ccccc3)c2c1NC=O.CCCNSc1sc2nc(-c3cccs3)cc(-c3ccccc3)c2c1N.COC.Nc1c(C(=O)N2CCCCC2)sc2nc(-c3cccs3)cc(-c3ccccc3)c12. The highest BCUT2D eigenvalue weighted by Gasteiger charge is 2.27. The first-order valence-corrected chi connectivity index (χ1v) is 35.3. The number of benzene rings is 3. The lowest BCUT2D eigenvalue weighted by Gasteiger charge is -2.26. The van der Waals surface area contributed by atoms with E-state index in [0.29, 0.717) is 10.6 Å². The maximum absolute atomic E-state index is 13.2. The predicted molar refractivity (Wildman–Crippen MR) is 376 cm³/mol. The summed E-state index contributed by atoms with van der Waals surface area (Å²) in [6.07, 6.45) is 7.49. The molecule has 6 N–H and O–H groups in total. The molecule has 1 aliphatic rings. The molecule has 1 fully saturated rings. The van der Waals surface area contributed by atoms with Crippen molar-refractivity contribution in [2.75, 3.05) is 56.4 Å². The summed E-state index contributed by atoms with van der Waals surface area (Å²) in [5.41, 5.74) is 25.0. The van der Waals surface area contributed by atoms with Crippen LogP contribution in [0.4, 0.5) is 17.1 Å². The molecule has 86 heavy (non-hydrogen) atoms. The molecule has 0 bridgehead atoms. The monoisotopic (exact) mass is 1290 g/mol. The molecular formula is C67H66N8O3S8. The summed E-state index contributed by atoms with van der Waals surface area (Å²) in [6.45, 7) is 6.93. The van der Waals surface area contributed by atoms with Crippen molar-refractivity contribution >= 4 is 152 Å². The number of likely N-dealkylation sites (tertiary alicyclic amines) is 1. The zero-order valence-corrected chi connectivity index (χ0v) is 54.7. The maximum Gasteiger partial charge on any atom is 0.266 e. The lowest BCUT2D eigenvalue weighted by atomic mass is 10.0. The number of thiophene rings is 6. The van der Waals surface area contributed by atoms with Gasteiger partial charge in [-0.25, -0.2) is 15.0 Å². The number of fused-ring (bicyclic) bond motifs is 3. The summed E-state index contributed by atoms with van der Waals surface area (Å²) >= 11 is 13.2. The zero-order chi connectivity index (χ0) is 59.8. The van der Waals surface area contributed by atoms with E-state index in [1.807, 2.05) is 59.5 Å². The minimum atomic E-state index is 0.0434. The van der Waals surface area contributed by atoms with Gasteiger partial charge in [-0.3, -0.25) is 14.3 Å². The number of unbranched alkanes of at least 4 members (excludes halogenated alkanes) is 1. The molecule has 0 atom stereocenters. The van der Waals surface area contributed by atoms with E-state index in [4.69, 9.17) is 26.4 Å². The first kappa shape index (κ1) is 62.3. The van der Waals surface area contributed by atoms with Crippen molar-refractivity contribution in [1.82, 2.24) is 24.6 Å². The van der Waals surface area contributed by atoms with E-state index in [-0.39, 0.29) is 5.91 Å². The van der Waals surface area contributed by atoms with Gasteiger partial charge in [0.1, 0.15) is 23.6 Å². The van der Waals surface area contributed by atoms with E-state index in [0.717, 1.165) is 169 Å². The molecule has 1 saturated heterocycles. The fraction of sp³-hybridized carbons (Fsp3) is 0.209. The number of methoxy groups -OCH3 is 1. The van der Waals surface area contributed by atoms with Crippen molar-refractivity contribution in [3.63, 3.8) is 0 Å². The summed E-state index contributed by atoms with van der Waals surface area (Å²) in [5.74, 6) is 1.08. The summed E-state index contributed by atoms with van der Waals surface area (Å²) in [4.78, 5) is 48.1. The number of aromatic nitrogens is 3. The van der Waals surface area contributed by atoms with Gasteiger partial charge in [0.15, 0.2) is 0 Å². The van der Waals surface area contributed by atoms with Crippen molar-refractivity contribution in [2.24, 2.45) is 0 Å². The van der Waals surface area contributed by atoms with Gasteiger partial charge >= 0.3 is 0 Å². The fourth-order valence-corrected chi connectivity index (χ4v) is 17.6. The van der Waals surface area contributed by atoms with Gasteiger partial charge < -0.3 is 26.4 Å². The molecule has 0 saturated carbocycles. The summed E-state index contributed by atoms with van der Waals surface area (Å²) < 4.78 is 9.84. The third-order valence-corrected chi connectivity index (χ3v) is 22.2. The Balaban J connectivity index is 0.000000140. The highest BCUT2D eigenvalue weighted by atomic mass is 32.2. The first-order chi connectivity index (χ1) is 42.2. The molecule has 1 aliphatic heterocycles. The Kier molecular flexibility index (Phi) is 22.3. The minimum Gasteiger partial charge on any atom is -0.397 e. The van der Waals surface area contributed by atoms with Crippen LogP contribution in [0.1, 0.15) is 62.0 Å². The summed E-state index contributed by atoms with van der Waals surface area (Å²) in [7, 11) is 3.25. The maximum atomic E-state index is 13.2. The van der Waals surface area contributed by atoms with Crippen LogP contribution in [0.5, 0.6) is 0 Å². The summed E-state index contributed by atoms with van der Waals surface area (Å²) in [6, 6.07) is 49.8. The topological polar surface area (TPSA) is 161 Å². The van der Waals surface area contributed by atoms with Gasteiger partial charge in [-0.05, 0) is 136 Å². The van der Waals surface area contributed by atoms with Crippen LogP contribution in [0.3, 0.4) is 0 Å². The van der Waals surface area contributed by atoms with E-state index < -0.39 is 0 Å². The van der Waals surface area contributed by atoms with Crippen molar-refractivity contribution < 1.29 is 14.3 Å². The molecular weight excluding hydrogens is 1220 g/mol. The lowest BCUT2D eigenvalue weighted by Crippen LogP contribution is -2.35. The quantitative estimate of drug-likeness (QED) is 0.0297. The normalized spacial score (nSPS) is 12.1. The van der Waals surface area contributed by atoms with Gasteiger partial charge in [0.05, 0.1) is 53.0 Å². The van der Waals surface area contributed by atoms with Crippen molar-refractivity contribution in [3.8, 4) is 65.1 Å². The van der Waals surface area contributed by atoms with E-state index >= 15 is 0 Å². The van der Waals surface area contributed by atoms with Crippen LogP contribution in [-0.4, -0.2) is 71.8 Å². The Morgan fingerprint density at radius 2 is 1.05 bits per heavy atom. The third-order valence-electron chi connectivity index (χ3n) is 13.9. The molecule has 10 heterocycles. The largest absolute Gasteiger partial charge is 0.397 e. The van der Waals surface area contributed by atoms with Crippen molar-refractivity contribution in [1.29, 1.82) is 0 Å². The lowest BCUT2D eigenvalue weighted by molar-refractivity contribution is -0.105. The third kappa shape index (κ3) is 14.6. The number of thioether (sulfide) groups is 1. The molecule has 9 aromatic heterocycles. The molecule has 0 aliphatic carbocycles. The van der Waals surface area contributed by atoms with Crippen LogP contribution in [0.15, 0.2) is 170 Å². The number of hydrogen-bond donors (Lipinski definition) is 4. The molecule has 0 radical (unpaired) electrons. The van der Waals surface area contributed by atoms with Crippen molar-refractivity contribution in [3.05, 3.63) is 167 Å². The van der Waals surface area contributed by atoms with Crippen LogP contribution >= 0.6 is 91.7 Å². The van der Waals surface area contributed by atoms with Crippen molar-refractivity contribution in [2.45, 2.75) is 60.8 Å². The van der Waals surface area contributed by atoms with E-state index in [1.54, 1.807) is 94.6 Å². The number of nitrogens with two attached hydrogens (primary N) is 2. The number of nitrogens with one attached hydrogen (secondary N) is 2. The first-order valence-electron chi connectivity index (χ1n) is 28.4. The predicted octanol–water partition coefficient (Wildman–Crippen LogP) is 19.6. The number of hydrogen-bond acceptors (Lipinski definition) is 17. The van der Waals surface area contributed by atoms with E-state index in [9.17, 15) is 9.59 Å². The fourth-order valence-electron chi connectivity index (χ4n) is 9.78. The second-order valence-corrected chi connectivity index (χ2v) is 28.2. The molecule has 0 spiro atoms. The Morgan fingerprint density at radius 1 is 0.593 bits per heavy atom. The van der Waals surface area contributed by atoms with Crippen LogP contribution in [-0.2, 0) is 9.53 Å².